The summed E-state index contributed by atoms with van der Waals surface area (Å²) in [7, 11) is 0. The maximum Gasteiger partial charge on any atom is 0.0641 e. The topological polar surface area (TPSA) is 0 Å². The molecule has 0 aromatic heterocycles. The van der Waals surface area contributed by atoms with Gasteiger partial charge in [0.15, 0.2) is 0 Å². The lowest BCUT2D eigenvalue weighted by Crippen LogP contribution is -2.13. The predicted molar refractivity (Wildman–Crippen MR) is 212 cm³/mol. The molecular weight excluding hydrogens is 576 g/mol. The lowest BCUT2D eigenvalue weighted by Gasteiger charge is -2.23. The van der Waals surface area contributed by atoms with Crippen molar-refractivity contribution in [2.45, 2.75) is 251 Å². The smallest absolute Gasteiger partial charge is 0.0641 e. The lowest BCUT2D eigenvalue weighted by molar-refractivity contribution is 0.528. The summed E-state index contributed by atoms with van der Waals surface area (Å²) >= 11 is 6.91. The molecule has 1 aromatic rings. The van der Waals surface area contributed by atoms with E-state index in [2.05, 4.69) is 45.9 Å². The average molecular weight is 660 g/mol. The summed E-state index contributed by atoms with van der Waals surface area (Å²) in [5, 5.41) is 0. The standard InChI is InChI=1S/C45H83Cl/c1-5-7-9-11-13-15-17-19-21-23-25-27-29-31-33-35-38-42-39-37-41-44(45(3,4)46)43(42)40-36-34-32-30-28-26-24-22-20-18-16-14-12-10-8-6-2/h37,39,41H,5-36,38,40H2,1-4H3. The van der Waals surface area contributed by atoms with Crippen LogP contribution in [0.5, 0.6) is 0 Å². The van der Waals surface area contributed by atoms with Gasteiger partial charge in [0, 0.05) is 0 Å². The van der Waals surface area contributed by atoms with Gasteiger partial charge >= 0.3 is 0 Å². The maximum absolute atomic E-state index is 6.91. The minimum Gasteiger partial charge on any atom is -0.115 e. The number of benzene rings is 1. The third-order valence-electron chi connectivity index (χ3n) is 10.5. The molecule has 0 radical (unpaired) electrons. The highest BCUT2D eigenvalue weighted by Gasteiger charge is 2.21. The molecule has 0 saturated carbocycles. The van der Waals surface area contributed by atoms with Gasteiger partial charge in [0.2, 0.25) is 0 Å². The average Bonchev–Trinajstić information content (AvgIpc) is 3.04. The molecule has 0 aliphatic carbocycles. The van der Waals surface area contributed by atoms with Crippen LogP contribution < -0.4 is 0 Å². The van der Waals surface area contributed by atoms with Crippen molar-refractivity contribution in [1.82, 2.24) is 0 Å². The second kappa shape index (κ2) is 31.8. The molecule has 1 aromatic carbocycles. The van der Waals surface area contributed by atoms with E-state index < -0.39 is 0 Å². The van der Waals surface area contributed by atoms with Crippen LogP contribution in [0.1, 0.15) is 250 Å². The highest BCUT2D eigenvalue weighted by Crippen LogP contribution is 2.34. The van der Waals surface area contributed by atoms with Gasteiger partial charge in [-0.3, -0.25) is 0 Å². The molecule has 0 aliphatic heterocycles. The van der Waals surface area contributed by atoms with Gasteiger partial charge < -0.3 is 0 Å². The third kappa shape index (κ3) is 25.5. The van der Waals surface area contributed by atoms with E-state index in [-0.39, 0.29) is 4.87 Å². The van der Waals surface area contributed by atoms with E-state index in [1.165, 1.54) is 224 Å². The molecule has 0 atom stereocenters. The van der Waals surface area contributed by atoms with E-state index >= 15 is 0 Å². The summed E-state index contributed by atoms with van der Waals surface area (Å²) in [6.07, 6.45) is 48.3. The van der Waals surface area contributed by atoms with E-state index in [0.717, 1.165) is 0 Å². The van der Waals surface area contributed by atoms with Crippen molar-refractivity contribution in [1.29, 1.82) is 0 Å². The molecule has 0 spiro atoms. The lowest BCUT2D eigenvalue weighted by atomic mass is 9.87. The second-order valence-corrected chi connectivity index (χ2v) is 16.5. The molecular formula is C45H83Cl. The van der Waals surface area contributed by atoms with E-state index in [4.69, 9.17) is 11.6 Å². The van der Waals surface area contributed by atoms with Gasteiger partial charge in [-0.2, -0.15) is 0 Å². The fourth-order valence-electron chi connectivity index (χ4n) is 7.43. The normalized spacial score (nSPS) is 11.9. The Morgan fingerprint density at radius 2 is 0.674 bits per heavy atom. The molecule has 0 fully saturated rings. The van der Waals surface area contributed by atoms with Crippen LogP contribution in [-0.4, -0.2) is 0 Å². The summed E-state index contributed by atoms with van der Waals surface area (Å²) in [5.41, 5.74) is 4.54. The number of unbranched alkanes of at least 4 members (excludes halogenated alkanes) is 30. The Hall–Kier alpha value is -0.490. The molecule has 270 valence electrons. The number of aryl methyl sites for hydroxylation is 1. The molecule has 0 saturated heterocycles. The maximum atomic E-state index is 6.91. The first kappa shape index (κ1) is 43.5. The first-order valence-corrected chi connectivity index (χ1v) is 21.7. The molecule has 1 rings (SSSR count). The van der Waals surface area contributed by atoms with Crippen LogP contribution >= 0.6 is 11.6 Å². The van der Waals surface area contributed by atoms with Crippen molar-refractivity contribution in [3.63, 3.8) is 0 Å². The molecule has 1 heteroatoms. The summed E-state index contributed by atoms with van der Waals surface area (Å²) in [6, 6.07) is 6.96. The first-order chi connectivity index (χ1) is 22.5. The Kier molecular flexibility index (Phi) is 30.1. The molecule has 0 bridgehead atoms. The molecule has 0 nitrogen and oxygen atoms in total. The van der Waals surface area contributed by atoms with Crippen LogP contribution in [0.25, 0.3) is 0 Å². The van der Waals surface area contributed by atoms with Gasteiger partial charge in [0.05, 0.1) is 4.87 Å². The van der Waals surface area contributed by atoms with Gasteiger partial charge in [-0.05, 0) is 56.2 Å². The molecule has 0 aliphatic rings. The Labute approximate surface area is 296 Å². The van der Waals surface area contributed by atoms with Crippen LogP contribution in [0, 0.1) is 0 Å². The van der Waals surface area contributed by atoms with E-state index in [1.54, 1.807) is 11.1 Å². The van der Waals surface area contributed by atoms with Gasteiger partial charge in [0.25, 0.3) is 0 Å². The molecule has 0 unspecified atom stereocenters. The Morgan fingerprint density at radius 1 is 0.391 bits per heavy atom. The minimum absolute atomic E-state index is 0.283. The van der Waals surface area contributed by atoms with E-state index in [9.17, 15) is 0 Å². The largest absolute Gasteiger partial charge is 0.115 e. The Bertz CT molecular complexity index is 759. The van der Waals surface area contributed by atoms with Crippen molar-refractivity contribution in [3.8, 4) is 0 Å². The first-order valence-electron chi connectivity index (χ1n) is 21.3. The SMILES string of the molecule is CCCCCCCCCCCCCCCCCCc1cccc(C(C)(C)Cl)c1CCCCCCCCCCCCCCCCCC. The Balaban J connectivity index is 2.13. The quantitative estimate of drug-likeness (QED) is 0.0503. The van der Waals surface area contributed by atoms with Crippen molar-refractivity contribution in [2.75, 3.05) is 0 Å². The van der Waals surface area contributed by atoms with Crippen molar-refractivity contribution in [3.05, 3.63) is 34.9 Å². The van der Waals surface area contributed by atoms with Gasteiger partial charge in [0.1, 0.15) is 0 Å². The van der Waals surface area contributed by atoms with Crippen molar-refractivity contribution >= 4 is 11.6 Å². The number of hydrogen-bond acceptors (Lipinski definition) is 0. The number of alkyl halides is 1. The number of hydrogen-bond donors (Lipinski definition) is 0. The third-order valence-corrected chi connectivity index (χ3v) is 10.7. The minimum atomic E-state index is -0.283. The summed E-state index contributed by atoms with van der Waals surface area (Å²) in [4.78, 5) is -0.283. The molecule has 0 amide bonds. The zero-order valence-electron chi connectivity index (χ0n) is 32.2. The fraction of sp³-hybridized carbons (Fsp3) is 0.867. The number of halogens is 1. The summed E-state index contributed by atoms with van der Waals surface area (Å²) in [6.45, 7) is 8.97. The van der Waals surface area contributed by atoms with Crippen LogP contribution in [0.15, 0.2) is 18.2 Å². The zero-order chi connectivity index (χ0) is 33.4. The zero-order valence-corrected chi connectivity index (χ0v) is 32.9. The van der Waals surface area contributed by atoms with E-state index in [0.29, 0.717) is 0 Å². The predicted octanol–water partition coefficient (Wildman–Crippen LogP) is 16.8. The highest BCUT2D eigenvalue weighted by molar-refractivity contribution is 6.23. The monoisotopic (exact) mass is 659 g/mol. The molecule has 0 N–H and O–H groups in total. The molecule has 0 heterocycles. The fourth-order valence-corrected chi connectivity index (χ4v) is 7.61. The van der Waals surface area contributed by atoms with Crippen LogP contribution in [0.4, 0.5) is 0 Å². The second-order valence-electron chi connectivity index (χ2n) is 15.5. The van der Waals surface area contributed by atoms with Crippen LogP contribution in [-0.2, 0) is 17.7 Å². The van der Waals surface area contributed by atoms with Gasteiger partial charge in [-0.25, -0.2) is 0 Å². The van der Waals surface area contributed by atoms with Gasteiger partial charge in [-0.15, -0.1) is 11.6 Å². The highest BCUT2D eigenvalue weighted by atomic mass is 35.5. The Morgan fingerprint density at radius 3 is 0.978 bits per heavy atom. The van der Waals surface area contributed by atoms with E-state index in [1.807, 2.05) is 0 Å². The van der Waals surface area contributed by atoms with Crippen LogP contribution in [0.3, 0.4) is 0 Å². The number of rotatable bonds is 35. The van der Waals surface area contributed by atoms with Crippen LogP contribution in [0.2, 0.25) is 0 Å². The summed E-state index contributed by atoms with van der Waals surface area (Å²) in [5.74, 6) is 0. The van der Waals surface area contributed by atoms with Gasteiger partial charge in [-0.1, -0.05) is 225 Å². The summed E-state index contributed by atoms with van der Waals surface area (Å²) < 4.78 is 0. The van der Waals surface area contributed by atoms with Crippen molar-refractivity contribution < 1.29 is 0 Å². The van der Waals surface area contributed by atoms with Crippen molar-refractivity contribution in [2.24, 2.45) is 0 Å². The molecule has 46 heavy (non-hydrogen) atoms.